The predicted molar refractivity (Wildman–Crippen MR) is 99.5 cm³/mol. The molecule has 4 N–H and O–H groups in total. The number of para-hydroxylation sites is 1. The monoisotopic (exact) mass is 353 g/mol. The van der Waals surface area contributed by atoms with Crippen LogP contribution < -0.4 is 16.4 Å². The van der Waals surface area contributed by atoms with Gasteiger partial charge in [-0.25, -0.2) is 14.4 Å². The Kier molecular flexibility index (Phi) is 5.09. The number of nitrogens with zero attached hydrogens (tertiary/aromatic N) is 2. The van der Waals surface area contributed by atoms with Crippen molar-refractivity contribution in [2.45, 2.75) is 13.0 Å². The molecule has 1 heterocycles. The number of rotatable bonds is 6. The largest absolute Gasteiger partial charge is 0.366 e. The maximum absolute atomic E-state index is 13.6. The summed E-state index contributed by atoms with van der Waals surface area (Å²) in [6, 6.07) is 11.4. The van der Waals surface area contributed by atoms with Crippen LogP contribution in [0.1, 0.15) is 27.8 Å². The minimum Gasteiger partial charge on any atom is -0.366 e. The number of fused-ring (bicyclic) bond motifs is 1. The smallest absolute Gasteiger partial charge is 0.250 e. The van der Waals surface area contributed by atoms with Gasteiger partial charge in [0.15, 0.2) is 0 Å². The van der Waals surface area contributed by atoms with E-state index in [9.17, 15) is 9.18 Å². The first-order valence-electron chi connectivity index (χ1n) is 8.23. The molecule has 0 saturated carbocycles. The molecule has 0 spiro atoms. The molecule has 0 aliphatic carbocycles. The zero-order chi connectivity index (χ0) is 18.7. The van der Waals surface area contributed by atoms with Crippen LogP contribution in [0.3, 0.4) is 0 Å². The van der Waals surface area contributed by atoms with Gasteiger partial charge in [-0.05, 0) is 43.8 Å². The highest BCUT2D eigenvalue weighted by Crippen LogP contribution is 2.27. The molecular weight excluding hydrogens is 333 g/mol. The number of aromatic nitrogens is 2. The zero-order valence-electron chi connectivity index (χ0n) is 14.6. The van der Waals surface area contributed by atoms with Crippen molar-refractivity contribution in [2.75, 3.05) is 18.9 Å². The number of hydrogen-bond donors (Lipinski definition) is 3. The number of carbonyl (C=O) groups is 1. The number of aryl methyl sites for hydroxylation is 1. The van der Waals surface area contributed by atoms with Crippen molar-refractivity contribution in [3.8, 4) is 0 Å². The zero-order valence-corrected chi connectivity index (χ0v) is 14.6. The maximum Gasteiger partial charge on any atom is 0.250 e. The van der Waals surface area contributed by atoms with Crippen molar-refractivity contribution in [1.82, 2.24) is 15.3 Å². The average Bonchev–Trinajstić information content (AvgIpc) is 2.60. The molecule has 1 amide bonds. The van der Waals surface area contributed by atoms with E-state index >= 15 is 0 Å². The Morgan fingerprint density at radius 2 is 2.00 bits per heavy atom. The SMILES string of the molecule is CNCC(Nc1nc(C)nc2c(C(N)=O)cccc12)c1cccc(F)c1. The number of carbonyl (C=O) groups excluding carboxylic acids is 1. The number of anilines is 1. The third-order valence-electron chi connectivity index (χ3n) is 4.07. The van der Waals surface area contributed by atoms with Gasteiger partial charge in [0.2, 0.25) is 0 Å². The van der Waals surface area contributed by atoms with Crippen LogP contribution in [-0.2, 0) is 0 Å². The highest BCUT2D eigenvalue weighted by Gasteiger charge is 2.17. The van der Waals surface area contributed by atoms with E-state index < -0.39 is 5.91 Å². The van der Waals surface area contributed by atoms with Crippen LogP contribution in [0.4, 0.5) is 10.2 Å². The molecule has 1 atom stereocenters. The molecule has 3 rings (SSSR count). The normalized spacial score (nSPS) is 12.1. The van der Waals surface area contributed by atoms with E-state index in [-0.39, 0.29) is 11.9 Å². The average molecular weight is 353 g/mol. The molecule has 2 aromatic carbocycles. The lowest BCUT2D eigenvalue weighted by molar-refractivity contribution is 0.100. The number of halogens is 1. The molecule has 26 heavy (non-hydrogen) atoms. The molecular formula is C19H20FN5O. The quantitative estimate of drug-likeness (QED) is 0.633. The summed E-state index contributed by atoms with van der Waals surface area (Å²) >= 11 is 0. The minimum atomic E-state index is -0.545. The van der Waals surface area contributed by atoms with Gasteiger partial charge in [0, 0.05) is 11.9 Å². The van der Waals surface area contributed by atoms with E-state index in [1.54, 1.807) is 25.1 Å². The number of hydrogen-bond acceptors (Lipinski definition) is 5. The highest BCUT2D eigenvalue weighted by atomic mass is 19.1. The van der Waals surface area contributed by atoms with Crippen LogP contribution in [0.5, 0.6) is 0 Å². The van der Waals surface area contributed by atoms with Gasteiger partial charge in [-0.1, -0.05) is 18.2 Å². The number of nitrogens with two attached hydrogens (primary N) is 1. The van der Waals surface area contributed by atoms with E-state index in [4.69, 9.17) is 5.73 Å². The Hall–Kier alpha value is -3.06. The van der Waals surface area contributed by atoms with Gasteiger partial charge in [-0.3, -0.25) is 4.79 Å². The van der Waals surface area contributed by atoms with Crippen molar-refractivity contribution < 1.29 is 9.18 Å². The topological polar surface area (TPSA) is 92.9 Å². The van der Waals surface area contributed by atoms with Crippen LogP contribution in [-0.4, -0.2) is 29.5 Å². The second-order valence-corrected chi connectivity index (χ2v) is 6.00. The molecule has 7 heteroatoms. The fourth-order valence-corrected chi connectivity index (χ4v) is 2.92. The molecule has 134 valence electrons. The Labute approximate surface area is 150 Å². The number of primary amides is 1. The molecule has 0 aliphatic heterocycles. The van der Waals surface area contributed by atoms with Gasteiger partial charge in [-0.15, -0.1) is 0 Å². The van der Waals surface area contributed by atoms with Gasteiger partial charge >= 0.3 is 0 Å². The van der Waals surface area contributed by atoms with Crippen LogP contribution in [0.2, 0.25) is 0 Å². The number of likely N-dealkylation sites (N-methyl/N-ethyl adjacent to an activating group) is 1. The fraction of sp³-hybridized carbons (Fsp3) is 0.211. The minimum absolute atomic E-state index is 0.217. The summed E-state index contributed by atoms with van der Waals surface area (Å²) < 4.78 is 13.6. The third kappa shape index (κ3) is 3.62. The molecule has 0 bridgehead atoms. The van der Waals surface area contributed by atoms with Crippen molar-refractivity contribution in [2.24, 2.45) is 5.73 Å². The maximum atomic E-state index is 13.6. The van der Waals surface area contributed by atoms with Gasteiger partial charge in [0.05, 0.1) is 17.1 Å². The molecule has 1 aromatic heterocycles. The first-order chi connectivity index (χ1) is 12.5. The van der Waals surface area contributed by atoms with Crippen molar-refractivity contribution in [3.05, 3.63) is 65.2 Å². The summed E-state index contributed by atoms with van der Waals surface area (Å²) in [6.45, 7) is 2.31. The lowest BCUT2D eigenvalue weighted by atomic mass is 10.1. The summed E-state index contributed by atoms with van der Waals surface area (Å²) in [5, 5.41) is 7.12. The Morgan fingerprint density at radius 1 is 1.23 bits per heavy atom. The Balaban J connectivity index is 2.09. The van der Waals surface area contributed by atoms with Crippen molar-refractivity contribution >= 4 is 22.6 Å². The van der Waals surface area contributed by atoms with Crippen LogP contribution in [0, 0.1) is 12.7 Å². The molecule has 0 saturated heterocycles. The first-order valence-corrected chi connectivity index (χ1v) is 8.23. The molecule has 0 aliphatic rings. The molecule has 1 unspecified atom stereocenters. The van der Waals surface area contributed by atoms with E-state index in [1.165, 1.54) is 12.1 Å². The summed E-state index contributed by atoms with van der Waals surface area (Å²) in [7, 11) is 1.82. The summed E-state index contributed by atoms with van der Waals surface area (Å²) in [5.41, 5.74) is 7.09. The summed E-state index contributed by atoms with van der Waals surface area (Å²) in [5.74, 6) is 0.234. The lowest BCUT2D eigenvalue weighted by Crippen LogP contribution is -2.24. The number of amides is 1. The van der Waals surface area contributed by atoms with Crippen molar-refractivity contribution in [1.29, 1.82) is 0 Å². The van der Waals surface area contributed by atoms with Crippen LogP contribution in [0.25, 0.3) is 10.9 Å². The van der Waals surface area contributed by atoms with Gasteiger partial charge in [0.25, 0.3) is 5.91 Å². The Bertz CT molecular complexity index is 960. The van der Waals surface area contributed by atoms with Crippen LogP contribution in [0.15, 0.2) is 42.5 Å². The van der Waals surface area contributed by atoms with Crippen molar-refractivity contribution in [3.63, 3.8) is 0 Å². The molecule has 0 fully saturated rings. The molecule has 3 aromatic rings. The van der Waals surface area contributed by atoms with E-state index in [0.717, 1.165) is 5.56 Å². The highest BCUT2D eigenvalue weighted by molar-refractivity contribution is 6.07. The lowest BCUT2D eigenvalue weighted by Gasteiger charge is -2.21. The van der Waals surface area contributed by atoms with Gasteiger partial charge in [0.1, 0.15) is 17.5 Å². The fourth-order valence-electron chi connectivity index (χ4n) is 2.92. The summed E-state index contributed by atoms with van der Waals surface area (Å²) in [4.78, 5) is 20.6. The predicted octanol–water partition coefficient (Wildman–Crippen LogP) is 2.55. The number of nitrogens with one attached hydrogen (secondary N) is 2. The first kappa shape index (κ1) is 17.8. The molecule has 6 nitrogen and oxygen atoms in total. The number of benzene rings is 2. The second kappa shape index (κ2) is 7.45. The van der Waals surface area contributed by atoms with E-state index in [1.807, 2.05) is 19.2 Å². The van der Waals surface area contributed by atoms with Crippen LogP contribution >= 0.6 is 0 Å². The third-order valence-corrected chi connectivity index (χ3v) is 4.07. The van der Waals surface area contributed by atoms with Gasteiger partial charge in [-0.2, -0.15) is 0 Å². The van der Waals surface area contributed by atoms with Gasteiger partial charge < -0.3 is 16.4 Å². The standard InChI is InChI=1S/C19H20FN5O/c1-11-23-17-14(18(21)26)7-4-8-15(17)19(24-11)25-16(10-22-2)12-5-3-6-13(20)9-12/h3-9,16,22H,10H2,1-2H3,(H2,21,26)(H,23,24,25). The summed E-state index contributed by atoms with van der Waals surface area (Å²) in [6.07, 6.45) is 0. The molecule has 0 radical (unpaired) electrons. The van der Waals surface area contributed by atoms with E-state index in [0.29, 0.717) is 34.7 Å². The second-order valence-electron chi connectivity index (χ2n) is 6.00. The Morgan fingerprint density at radius 3 is 2.69 bits per heavy atom. The van der Waals surface area contributed by atoms with E-state index in [2.05, 4.69) is 20.6 Å².